The summed E-state index contributed by atoms with van der Waals surface area (Å²) in [5.74, 6) is 0.110. The second-order valence-electron chi connectivity index (χ2n) is 4.36. The molecule has 0 spiro atoms. The molecule has 1 fully saturated rings. The van der Waals surface area contributed by atoms with Crippen molar-refractivity contribution in [1.29, 1.82) is 0 Å². The van der Waals surface area contributed by atoms with Crippen LogP contribution in [0.4, 0.5) is 5.13 Å². The number of carbonyl (C=O) groups excluding carboxylic acids is 1. The van der Waals surface area contributed by atoms with Gasteiger partial charge in [-0.3, -0.25) is 4.79 Å². The molecule has 0 radical (unpaired) electrons. The lowest BCUT2D eigenvalue weighted by Gasteiger charge is -2.34. The number of nitrogens with zero attached hydrogens (tertiary/aromatic N) is 4. The molecule has 0 bridgehead atoms. The Kier molecular flexibility index (Phi) is 3.48. The van der Waals surface area contributed by atoms with E-state index in [1.807, 2.05) is 23.4 Å². The molecule has 1 aliphatic rings. The minimum atomic E-state index is 0.110. The van der Waals surface area contributed by atoms with E-state index >= 15 is 0 Å². The van der Waals surface area contributed by atoms with Crippen LogP contribution in [0.25, 0.3) is 0 Å². The van der Waals surface area contributed by atoms with Crippen molar-refractivity contribution < 1.29 is 4.79 Å². The SMILES string of the molecule is Cc1ncsc1C(=O)N1CCN(c2nccs2)CC1. The van der Waals surface area contributed by atoms with Crippen LogP contribution in [0.1, 0.15) is 15.4 Å². The van der Waals surface area contributed by atoms with E-state index in [0.717, 1.165) is 41.9 Å². The Hall–Kier alpha value is -1.47. The molecule has 5 nitrogen and oxygen atoms in total. The second-order valence-corrected chi connectivity index (χ2v) is 6.09. The number of hydrogen-bond donors (Lipinski definition) is 0. The van der Waals surface area contributed by atoms with Crippen LogP contribution < -0.4 is 4.90 Å². The van der Waals surface area contributed by atoms with Crippen LogP contribution in [0, 0.1) is 6.92 Å². The summed E-state index contributed by atoms with van der Waals surface area (Å²) in [5.41, 5.74) is 2.56. The summed E-state index contributed by atoms with van der Waals surface area (Å²) in [6, 6.07) is 0. The molecule has 0 atom stereocenters. The van der Waals surface area contributed by atoms with Crippen LogP contribution in [-0.2, 0) is 0 Å². The van der Waals surface area contributed by atoms with Crippen molar-refractivity contribution in [3.63, 3.8) is 0 Å². The Morgan fingerprint density at radius 2 is 2.00 bits per heavy atom. The Morgan fingerprint density at radius 1 is 1.21 bits per heavy atom. The zero-order valence-electron chi connectivity index (χ0n) is 10.6. The van der Waals surface area contributed by atoms with Gasteiger partial charge < -0.3 is 9.80 Å². The number of piperazine rings is 1. The topological polar surface area (TPSA) is 49.3 Å². The summed E-state index contributed by atoms with van der Waals surface area (Å²) in [6.07, 6.45) is 1.82. The van der Waals surface area contributed by atoms with Gasteiger partial charge in [-0.25, -0.2) is 9.97 Å². The van der Waals surface area contributed by atoms with Gasteiger partial charge in [-0.2, -0.15) is 0 Å². The summed E-state index contributed by atoms with van der Waals surface area (Å²) in [4.78, 5) is 25.7. The summed E-state index contributed by atoms with van der Waals surface area (Å²) in [7, 11) is 0. The predicted molar refractivity (Wildman–Crippen MR) is 77.1 cm³/mol. The molecule has 3 heterocycles. The molecule has 0 unspecified atom stereocenters. The summed E-state index contributed by atoms with van der Waals surface area (Å²) < 4.78 is 0. The molecule has 3 rings (SSSR count). The zero-order valence-corrected chi connectivity index (χ0v) is 12.2. The minimum Gasteiger partial charge on any atom is -0.345 e. The smallest absolute Gasteiger partial charge is 0.265 e. The molecule has 1 saturated heterocycles. The van der Waals surface area contributed by atoms with Gasteiger partial charge in [-0.1, -0.05) is 0 Å². The van der Waals surface area contributed by atoms with E-state index < -0.39 is 0 Å². The number of carbonyl (C=O) groups is 1. The number of thiazole rings is 2. The van der Waals surface area contributed by atoms with Gasteiger partial charge in [0.15, 0.2) is 5.13 Å². The number of anilines is 1. The van der Waals surface area contributed by atoms with Crippen LogP contribution in [0.15, 0.2) is 17.1 Å². The fourth-order valence-corrected chi connectivity index (χ4v) is 3.59. The van der Waals surface area contributed by atoms with Crippen molar-refractivity contribution >= 4 is 33.7 Å². The monoisotopic (exact) mass is 294 g/mol. The van der Waals surface area contributed by atoms with Gasteiger partial charge in [0, 0.05) is 37.8 Å². The minimum absolute atomic E-state index is 0.110. The lowest BCUT2D eigenvalue weighted by molar-refractivity contribution is 0.0750. The number of aromatic nitrogens is 2. The molecule has 100 valence electrons. The maximum absolute atomic E-state index is 12.3. The van der Waals surface area contributed by atoms with Gasteiger partial charge in [0.05, 0.1) is 11.2 Å². The van der Waals surface area contributed by atoms with E-state index in [-0.39, 0.29) is 5.91 Å². The van der Waals surface area contributed by atoms with Crippen LogP contribution in [0.2, 0.25) is 0 Å². The van der Waals surface area contributed by atoms with E-state index in [1.165, 1.54) is 11.3 Å². The summed E-state index contributed by atoms with van der Waals surface area (Å²) in [6.45, 7) is 5.06. The van der Waals surface area contributed by atoms with E-state index in [9.17, 15) is 4.79 Å². The lowest BCUT2D eigenvalue weighted by Crippen LogP contribution is -2.48. The van der Waals surface area contributed by atoms with Crippen LogP contribution in [0.5, 0.6) is 0 Å². The molecular formula is C12H14N4OS2. The van der Waals surface area contributed by atoms with Gasteiger partial charge in [0.1, 0.15) is 4.88 Å². The summed E-state index contributed by atoms with van der Waals surface area (Å²) in [5, 5.41) is 3.02. The lowest BCUT2D eigenvalue weighted by atomic mass is 10.3. The van der Waals surface area contributed by atoms with Crippen molar-refractivity contribution in [1.82, 2.24) is 14.9 Å². The van der Waals surface area contributed by atoms with Crippen molar-refractivity contribution in [2.24, 2.45) is 0 Å². The van der Waals surface area contributed by atoms with E-state index in [1.54, 1.807) is 16.8 Å². The third kappa shape index (κ3) is 2.48. The first-order chi connectivity index (χ1) is 9.25. The third-order valence-electron chi connectivity index (χ3n) is 3.20. The fraction of sp³-hybridized carbons (Fsp3) is 0.417. The molecule has 0 N–H and O–H groups in total. The molecule has 0 aliphatic carbocycles. The Balaban J connectivity index is 1.64. The van der Waals surface area contributed by atoms with Gasteiger partial charge in [-0.15, -0.1) is 22.7 Å². The molecule has 1 aliphatic heterocycles. The Labute approximate surface area is 119 Å². The molecule has 2 aromatic heterocycles. The molecule has 19 heavy (non-hydrogen) atoms. The van der Waals surface area contributed by atoms with Crippen LogP contribution >= 0.6 is 22.7 Å². The molecule has 2 aromatic rings. The molecule has 0 saturated carbocycles. The first-order valence-electron chi connectivity index (χ1n) is 6.09. The fourth-order valence-electron chi connectivity index (χ4n) is 2.12. The molecule has 7 heteroatoms. The number of aryl methyl sites for hydroxylation is 1. The molecule has 1 amide bonds. The number of hydrogen-bond acceptors (Lipinski definition) is 6. The van der Waals surface area contributed by atoms with Crippen LogP contribution in [-0.4, -0.2) is 47.0 Å². The first-order valence-corrected chi connectivity index (χ1v) is 7.85. The highest BCUT2D eigenvalue weighted by Crippen LogP contribution is 2.21. The van der Waals surface area contributed by atoms with E-state index in [2.05, 4.69) is 14.9 Å². The van der Waals surface area contributed by atoms with Crippen molar-refractivity contribution in [3.8, 4) is 0 Å². The Bertz CT molecular complexity index is 558. The second kappa shape index (κ2) is 5.26. The van der Waals surface area contributed by atoms with E-state index in [4.69, 9.17) is 0 Å². The third-order valence-corrected chi connectivity index (χ3v) is 4.95. The highest BCUT2D eigenvalue weighted by atomic mass is 32.1. The number of rotatable bonds is 2. The van der Waals surface area contributed by atoms with Crippen molar-refractivity contribution in [2.75, 3.05) is 31.1 Å². The van der Waals surface area contributed by atoms with Crippen LogP contribution in [0.3, 0.4) is 0 Å². The standard InChI is InChI=1S/C12H14N4OS2/c1-9-10(19-8-14-9)11(17)15-3-5-16(6-4-15)12-13-2-7-18-12/h2,7-8H,3-6H2,1H3. The zero-order chi connectivity index (χ0) is 13.2. The predicted octanol–water partition coefficient (Wildman–Crippen LogP) is 1.87. The maximum Gasteiger partial charge on any atom is 0.265 e. The maximum atomic E-state index is 12.3. The van der Waals surface area contributed by atoms with Gasteiger partial charge >= 0.3 is 0 Å². The highest BCUT2D eigenvalue weighted by Gasteiger charge is 2.25. The molecule has 0 aromatic carbocycles. The Morgan fingerprint density at radius 3 is 2.58 bits per heavy atom. The summed E-state index contributed by atoms with van der Waals surface area (Å²) >= 11 is 3.07. The number of amides is 1. The highest BCUT2D eigenvalue weighted by molar-refractivity contribution is 7.13. The molecular weight excluding hydrogens is 280 g/mol. The van der Waals surface area contributed by atoms with E-state index in [0.29, 0.717) is 0 Å². The average molecular weight is 294 g/mol. The van der Waals surface area contributed by atoms with Crippen molar-refractivity contribution in [2.45, 2.75) is 6.92 Å². The first kappa shape index (κ1) is 12.6. The largest absolute Gasteiger partial charge is 0.345 e. The van der Waals surface area contributed by atoms with Crippen molar-refractivity contribution in [3.05, 3.63) is 27.7 Å². The van der Waals surface area contributed by atoms with Gasteiger partial charge in [-0.05, 0) is 6.92 Å². The quantitative estimate of drug-likeness (QED) is 0.848. The van der Waals surface area contributed by atoms with Gasteiger partial charge in [0.2, 0.25) is 0 Å². The van der Waals surface area contributed by atoms with Gasteiger partial charge in [0.25, 0.3) is 5.91 Å². The normalized spacial score (nSPS) is 15.8. The average Bonchev–Trinajstić information content (AvgIpc) is 3.09.